The molecule has 0 spiro atoms. The summed E-state index contributed by atoms with van der Waals surface area (Å²) in [5, 5.41) is 9.20. The maximum absolute atomic E-state index is 11.2. The van der Waals surface area contributed by atoms with E-state index in [1.807, 2.05) is 24.3 Å². The molecule has 0 radical (unpaired) electrons. The van der Waals surface area contributed by atoms with Gasteiger partial charge in [0, 0.05) is 0 Å². The van der Waals surface area contributed by atoms with Crippen LogP contribution in [-0.2, 0) is 4.79 Å². The van der Waals surface area contributed by atoms with E-state index in [0.717, 1.165) is 19.3 Å². The number of benzene rings is 1. The van der Waals surface area contributed by atoms with Crippen molar-refractivity contribution in [1.82, 2.24) is 0 Å². The van der Waals surface area contributed by atoms with E-state index in [1.54, 1.807) is 7.11 Å². The monoisotopic (exact) mass is 250 g/mol. The average Bonchev–Trinajstić information content (AvgIpc) is 2.40. The minimum Gasteiger partial charge on any atom is -0.493 e. The van der Waals surface area contributed by atoms with E-state index < -0.39 is 11.9 Å². The molecule has 0 saturated heterocycles. The molecule has 1 aromatic carbocycles. The summed E-state index contributed by atoms with van der Waals surface area (Å²) in [5.41, 5.74) is 0. The lowest BCUT2D eigenvalue weighted by molar-refractivity contribution is -0.146. The lowest BCUT2D eigenvalue weighted by Gasteiger charge is -2.29. The van der Waals surface area contributed by atoms with Gasteiger partial charge in [0.1, 0.15) is 6.10 Å². The lowest BCUT2D eigenvalue weighted by Crippen LogP contribution is -2.35. The second-order valence-electron chi connectivity index (χ2n) is 4.54. The molecule has 98 valence electrons. The number of aliphatic carboxylic acids is 1. The molecule has 2 rings (SSSR count). The van der Waals surface area contributed by atoms with Crippen molar-refractivity contribution in [3.63, 3.8) is 0 Å². The summed E-state index contributed by atoms with van der Waals surface area (Å²) in [7, 11) is 1.58. The van der Waals surface area contributed by atoms with Gasteiger partial charge in [-0.2, -0.15) is 0 Å². The van der Waals surface area contributed by atoms with Crippen molar-refractivity contribution in [2.75, 3.05) is 7.11 Å². The molecule has 1 aromatic rings. The smallest absolute Gasteiger partial charge is 0.310 e. The maximum atomic E-state index is 11.2. The topological polar surface area (TPSA) is 55.8 Å². The van der Waals surface area contributed by atoms with Crippen LogP contribution in [0.1, 0.15) is 25.7 Å². The summed E-state index contributed by atoms with van der Waals surface area (Å²) < 4.78 is 11.1. The van der Waals surface area contributed by atoms with Crippen LogP contribution in [0.25, 0.3) is 0 Å². The van der Waals surface area contributed by atoms with Crippen molar-refractivity contribution < 1.29 is 19.4 Å². The Morgan fingerprint density at radius 3 is 2.56 bits per heavy atom. The van der Waals surface area contributed by atoms with Crippen LogP contribution in [0.4, 0.5) is 0 Å². The Morgan fingerprint density at radius 2 is 1.89 bits per heavy atom. The van der Waals surface area contributed by atoms with Crippen LogP contribution in [0.15, 0.2) is 24.3 Å². The fourth-order valence-corrected chi connectivity index (χ4v) is 2.40. The lowest BCUT2D eigenvalue weighted by atomic mass is 9.86. The molecule has 4 nitrogen and oxygen atoms in total. The predicted octanol–water partition coefficient (Wildman–Crippen LogP) is 2.72. The molecule has 0 heterocycles. The van der Waals surface area contributed by atoms with Gasteiger partial charge in [0.25, 0.3) is 0 Å². The van der Waals surface area contributed by atoms with Crippen LogP contribution in [0.5, 0.6) is 11.5 Å². The molecule has 0 aliphatic heterocycles. The molecular formula is C14H18O4. The third kappa shape index (κ3) is 2.75. The number of hydrogen-bond donors (Lipinski definition) is 1. The highest BCUT2D eigenvalue weighted by Crippen LogP contribution is 2.33. The summed E-state index contributed by atoms with van der Waals surface area (Å²) >= 11 is 0. The zero-order valence-corrected chi connectivity index (χ0v) is 10.5. The number of para-hydroxylation sites is 2. The Hall–Kier alpha value is -1.71. The molecular weight excluding hydrogens is 232 g/mol. The van der Waals surface area contributed by atoms with Crippen molar-refractivity contribution in [2.45, 2.75) is 31.8 Å². The predicted molar refractivity (Wildman–Crippen MR) is 67.0 cm³/mol. The molecule has 2 unspecified atom stereocenters. The Kier molecular flexibility index (Phi) is 4.07. The third-order valence-electron chi connectivity index (χ3n) is 3.37. The first-order chi connectivity index (χ1) is 8.72. The van der Waals surface area contributed by atoms with E-state index in [0.29, 0.717) is 17.9 Å². The number of ether oxygens (including phenoxy) is 2. The molecule has 1 N–H and O–H groups in total. The van der Waals surface area contributed by atoms with Crippen molar-refractivity contribution in [1.29, 1.82) is 0 Å². The zero-order chi connectivity index (χ0) is 13.0. The van der Waals surface area contributed by atoms with Crippen molar-refractivity contribution >= 4 is 5.97 Å². The van der Waals surface area contributed by atoms with Gasteiger partial charge in [0.05, 0.1) is 13.0 Å². The van der Waals surface area contributed by atoms with Gasteiger partial charge >= 0.3 is 5.97 Å². The molecule has 1 aliphatic rings. The van der Waals surface area contributed by atoms with Gasteiger partial charge in [-0.05, 0) is 31.4 Å². The van der Waals surface area contributed by atoms with Gasteiger partial charge in [0.2, 0.25) is 0 Å². The molecule has 4 heteroatoms. The van der Waals surface area contributed by atoms with Gasteiger partial charge in [0.15, 0.2) is 11.5 Å². The zero-order valence-electron chi connectivity index (χ0n) is 10.5. The number of carbonyl (C=O) groups is 1. The molecule has 2 atom stereocenters. The van der Waals surface area contributed by atoms with Crippen LogP contribution < -0.4 is 9.47 Å². The molecule has 0 aromatic heterocycles. The fourth-order valence-electron chi connectivity index (χ4n) is 2.40. The van der Waals surface area contributed by atoms with Gasteiger partial charge < -0.3 is 14.6 Å². The second-order valence-corrected chi connectivity index (χ2v) is 4.54. The third-order valence-corrected chi connectivity index (χ3v) is 3.37. The Balaban J connectivity index is 2.13. The standard InChI is InChI=1S/C14H18O4/c1-17-12-8-4-5-9-13(12)18-11-7-3-2-6-10(11)14(15)16/h4-5,8-11H,2-3,6-7H2,1H3,(H,15,16). The summed E-state index contributed by atoms with van der Waals surface area (Å²) in [6, 6.07) is 7.35. The molecule has 0 bridgehead atoms. The number of carboxylic acid groups (broad SMARTS) is 1. The minimum atomic E-state index is -0.769. The molecule has 1 aliphatic carbocycles. The summed E-state index contributed by atoms with van der Waals surface area (Å²) in [6.45, 7) is 0. The van der Waals surface area contributed by atoms with Gasteiger partial charge in [-0.25, -0.2) is 0 Å². The van der Waals surface area contributed by atoms with Crippen molar-refractivity contribution in [3.8, 4) is 11.5 Å². The summed E-state index contributed by atoms with van der Waals surface area (Å²) in [6.07, 6.45) is 3.20. The maximum Gasteiger partial charge on any atom is 0.310 e. The first-order valence-electron chi connectivity index (χ1n) is 6.25. The largest absolute Gasteiger partial charge is 0.493 e. The van der Waals surface area contributed by atoms with Crippen LogP contribution in [0, 0.1) is 5.92 Å². The Morgan fingerprint density at radius 1 is 1.22 bits per heavy atom. The van der Waals surface area contributed by atoms with E-state index in [9.17, 15) is 9.90 Å². The molecule has 1 saturated carbocycles. The fraction of sp³-hybridized carbons (Fsp3) is 0.500. The normalized spacial score (nSPS) is 23.4. The highest BCUT2D eigenvalue weighted by molar-refractivity contribution is 5.71. The average molecular weight is 250 g/mol. The van der Waals surface area contributed by atoms with Crippen LogP contribution in [0.2, 0.25) is 0 Å². The Labute approximate surface area is 107 Å². The van der Waals surface area contributed by atoms with E-state index in [4.69, 9.17) is 9.47 Å². The second kappa shape index (κ2) is 5.76. The number of carboxylic acids is 1. The summed E-state index contributed by atoms with van der Waals surface area (Å²) in [5.74, 6) is 0.0867. The van der Waals surface area contributed by atoms with Crippen LogP contribution >= 0.6 is 0 Å². The van der Waals surface area contributed by atoms with Gasteiger partial charge in [-0.15, -0.1) is 0 Å². The van der Waals surface area contributed by atoms with Crippen LogP contribution in [-0.4, -0.2) is 24.3 Å². The van der Waals surface area contributed by atoms with Crippen molar-refractivity contribution in [3.05, 3.63) is 24.3 Å². The van der Waals surface area contributed by atoms with Gasteiger partial charge in [-0.3, -0.25) is 4.79 Å². The SMILES string of the molecule is COc1ccccc1OC1CCCCC1C(=O)O. The van der Waals surface area contributed by atoms with E-state index in [1.165, 1.54) is 0 Å². The van der Waals surface area contributed by atoms with E-state index in [-0.39, 0.29) is 6.10 Å². The number of methoxy groups -OCH3 is 1. The van der Waals surface area contributed by atoms with E-state index in [2.05, 4.69) is 0 Å². The molecule has 18 heavy (non-hydrogen) atoms. The highest BCUT2D eigenvalue weighted by atomic mass is 16.5. The highest BCUT2D eigenvalue weighted by Gasteiger charge is 2.32. The quantitative estimate of drug-likeness (QED) is 0.892. The minimum absolute atomic E-state index is 0.257. The number of rotatable bonds is 4. The Bertz CT molecular complexity index is 416. The van der Waals surface area contributed by atoms with Crippen molar-refractivity contribution in [2.24, 2.45) is 5.92 Å². The molecule has 0 amide bonds. The van der Waals surface area contributed by atoms with Gasteiger partial charge in [-0.1, -0.05) is 18.6 Å². The number of hydrogen-bond acceptors (Lipinski definition) is 3. The summed E-state index contributed by atoms with van der Waals surface area (Å²) in [4.78, 5) is 11.2. The first-order valence-corrected chi connectivity index (χ1v) is 6.25. The first kappa shape index (κ1) is 12.7. The van der Waals surface area contributed by atoms with Crippen LogP contribution in [0.3, 0.4) is 0 Å². The van der Waals surface area contributed by atoms with E-state index >= 15 is 0 Å². The molecule has 1 fully saturated rings.